The molecule has 1 fully saturated rings. The summed E-state index contributed by atoms with van der Waals surface area (Å²) in [6.45, 7) is 1.96. The molecule has 0 aliphatic carbocycles. The summed E-state index contributed by atoms with van der Waals surface area (Å²) in [6.07, 6.45) is 1.55. The van der Waals surface area contributed by atoms with Gasteiger partial charge in [0.15, 0.2) is 5.11 Å². The molecular weight excluding hydrogens is 356 g/mol. The fourth-order valence-electron chi connectivity index (χ4n) is 2.59. The van der Waals surface area contributed by atoms with Gasteiger partial charge in [0, 0.05) is 0 Å². The smallest absolute Gasteiger partial charge is 0.344 e. The Hall–Kier alpha value is -3.07. The first kappa shape index (κ1) is 17.7. The van der Waals surface area contributed by atoms with E-state index in [-0.39, 0.29) is 5.11 Å². The minimum atomic E-state index is -1.23. The van der Waals surface area contributed by atoms with E-state index in [0.29, 0.717) is 23.6 Å². The number of benzene rings is 1. The van der Waals surface area contributed by atoms with Crippen LogP contribution in [0, 0.1) is 0 Å². The second kappa shape index (κ2) is 7.04. The predicted octanol–water partition coefficient (Wildman–Crippen LogP) is 1.63. The molecule has 2 heterocycles. The number of nitrogens with zero attached hydrogens (tertiary/aromatic N) is 1. The number of rotatable bonds is 5. The Morgan fingerprint density at radius 2 is 2.15 bits per heavy atom. The molecule has 0 saturated carbocycles. The lowest BCUT2D eigenvalue weighted by Crippen LogP contribution is -2.51. The number of amides is 3. The second-order valence-corrected chi connectivity index (χ2v) is 6.21. The van der Waals surface area contributed by atoms with Crippen LogP contribution in [0.25, 0.3) is 0 Å². The maximum absolute atomic E-state index is 12.8. The second-order valence-electron chi connectivity index (χ2n) is 5.80. The minimum absolute atomic E-state index is 0.125. The largest absolute Gasteiger partial charge is 0.497 e. The van der Waals surface area contributed by atoms with Gasteiger partial charge in [0.25, 0.3) is 5.91 Å². The topological polar surface area (TPSA) is 95.8 Å². The van der Waals surface area contributed by atoms with E-state index in [4.69, 9.17) is 21.4 Å². The number of furan rings is 1. The molecule has 8 nitrogen and oxygen atoms in total. The summed E-state index contributed by atoms with van der Waals surface area (Å²) in [5.41, 5.74) is 1.99. The maximum atomic E-state index is 12.8. The molecule has 1 saturated heterocycles. The van der Waals surface area contributed by atoms with E-state index in [2.05, 4.69) is 16.1 Å². The average Bonchev–Trinajstić information content (AvgIpc) is 3.23. The van der Waals surface area contributed by atoms with E-state index >= 15 is 0 Å². The van der Waals surface area contributed by atoms with Gasteiger partial charge in [0.2, 0.25) is 0 Å². The third-order valence-electron chi connectivity index (χ3n) is 4.05. The summed E-state index contributed by atoms with van der Waals surface area (Å²) in [6, 6.07) is 9.91. The zero-order valence-electron chi connectivity index (χ0n) is 14.2. The van der Waals surface area contributed by atoms with Gasteiger partial charge in [-0.25, -0.2) is 4.79 Å². The number of ether oxygens (including phenoxy) is 1. The van der Waals surface area contributed by atoms with Gasteiger partial charge in [-0.1, -0.05) is 12.1 Å². The number of urea groups is 1. The molecule has 1 aliphatic rings. The number of carbonyl (C=O) groups excluding carboxylic acids is 2. The van der Waals surface area contributed by atoms with E-state index in [9.17, 15) is 9.59 Å². The van der Waals surface area contributed by atoms with Gasteiger partial charge in [0.05, 0.1) is 19.9 Å². The van der Waals surface area contributed by atoms with Gasteiger partial charge in [-0.15, -0.1) is 0 Å². The number of thiocarbonyl (C=S) groups is 1. The van der Waals surface area contributed by atoms with Gasteiger partial charge in [-0.3, -0.25) is 10.2 Å². The van der Waals surface area contributed by atoms with Crippen molar-refractivity contribution in [2.24, 2.45) is 0 Å². The lowest BCUT2D eigenvalue weighted by Gasteiger charge is -2.23. The van der Waals surface area contributed by atoms with Gasteiger partial charge in [-0.05, 0) is 49.0 Å². The van der Waals surface area contributed by atoms with Crippen LogP contribution >= 0.6 is 12.2 Å². The van der Waals surface area contributed by atoms with Crippen LogP contribution in [0.1, 0.15) is 18.2 Å². The standard InChI is InChI=1S/C17H18N4O4S/c1-17(11-5-3-6-12(9-11)24-2)14(22)21(16(23)19-17)20-15(26)18-10-13-7-4-8-25-13/h3-9H,10H2,1-2H3,(H,19,23)(H2,18,20,26)/t17-/m0/s1. The molecule has 3 rings (SSSR count). The highest BCUT2D eigenvalue weighted by Crippen LogP contribution is 2.30. The Bertz CT molecular complexity index is 839. The predicted molar refractivity (Wildman–Crippen MR) is 97.0 cm³/mol. The van der Waals surface area contributed by atoms with Crippen LogP contribution in [0.15, 0.2) is 47.1 Å². The molecule has 0 unspecified atom stereocenters. The Labute approximate surface area is 155 Å². The molecule has 3 N–H and O–H groups in total. The van der Waals surface area contributed by atoms with E-state index in [0.717, 1.165) is 5.01 Å². The third kappa shape index (κ3) is 3.33. The number of nitrogens with one attached hydrogen (secondary N) is 3. The molecule has 1 aromatic carbocycles. The number of hydrogen-bond donors (Lipinski definition) is 3. The third-order valence-corrected chi connectivity index (χ3v) is 4.29. The number of carbonyl (C=O) groups is 2. The van der Waals surface area contributed by atoms with Crippen molar-refractivity contribution in [1.29, 1.82) is 0 Å². The van der Waals surface area contributed by atoms with E-state index in [1.165, 1.54) is 7.11 Å². The first-order valence-corrected chi connectivity index (χ1v) is 8.23. The van der Waals surface area contributed by atoms with E-state index in [1.807, 2.05) is 0 Å². The molecule has 1 aliphatic heterocycles. The van der Waals surface area contributed by atoms with Crippen molar-refractivity contribution in [1.82, 2.24) is 21.1 Å². The normalized spacial score (nSPS) is 19.2. The molecule has 1 aromatic heterocycles. The molecule has 0 bridgehead atoms. The van der Waals surface area contributed by atoms with Crippen molar-refractivity contribution in [3.05, 3.63) is 54.0 Å². The molecule has 2 aromatic rings. The van der Waals surface area contributed by atoms with Gasteiger partial charge < -0.3 is 19.8 Å². The van der Waals surface area contributed by atoms with Crippen LogP contribution in [0.5, 0.6) is 5.75 Å². The highest BCUT2D eigenvalue weighted by atomic mass is 32.1. The summed E-state index contributed by atoms with van der Waals surface area (Å²) in [5, 5.41) is 6.54. The molecular formula is C17H18N4O4S. The summed E-state index contributed by atoms with van der Waals surface area (Å²) in [7, 11) is 1.54. The van der Waals surface area contributed by atoms with Gasteiger partial charge in [-0.2, -0.15) is 5.01 Å². The quantitative estimate of drug-likeness (QED) is 0.541. The Balaban J connectivity index is 1.70. The molecule has 9 heteroatoms. The van der Waals surface area contributed by atoms with Gasteiger partial charge in [0.1, 0.15) is 17.0 Å². The van der Waals surface area contributed by atoms with Crippen molar-refractivity contribution in [3.8, 4) is 5.75 Å². The van der Waals surface area contributed by atoms with Gasteiger partial charge >= 0.3 is 6.03 Å². The fraction of sp³-hybridized carbons (Fsp3) is 0.235. The van der Waals surface area contributed by atoms with Crippen LogP contribution in [0.3, 0.4) is 0 Å². The Kier molecular flexibility index (Phi) is 4.81. The molecule has 1 atom stereocenters. The molecule has 3 amide bonds. The fourth-order valence-corrected chi connectivity index (χ4v) is 2.76. The summed E-state index contributed by atoms with van der Waals surface area (Å²) in [5.74, 6) is 0.790. The van der Waals surface area contributed by atoms with Crippen molar-refractivity contribution in [3.63, 3.8) is 0 Å². The maximum Gasteiger partial charge on any atom is 0.344 e. The van der Waals surface area contributed by atoms with Crippen molar-refractivity contribution in [2.75, 3.05) is 7.11 Å². The average molecular weight is 374 g/mol. The van der Waals surface area contributed by atoms with Crippen LogP contribution in [-0.2, 0) is 16.9 Å². The number of imide groups is 1. The van der Waals surface area contributed by atoms with E-state index in [1.54, 1.807) is 49.6 Å². The van der Waals surface area contributed by atoms with Crippen LogP contribution in [0.2, 0.25) is 0 Å². The highest BCUT2D eigenvalue weighted by Gasteiger charge is 2.49. The van der Waals surface area contributed by atoms with Crippen LogP contribution in [-0.4, -0.2) is 29.2 Å². The first-order valence-electron chi connectivity index (χ1n) is 7.82. The highest BCUT2D eigenvalue weighted by molar-refractivity contribution is 7.80. The molecule has 136 valence electrons. The van der Waals surface area contributed by atoms with Crippen molar-refractivity contribution >= 4 is 29.3 Å². The van der Waals surface area contributed by atoms with Crippen molar-refractivity contribution < 1.29 is 18.7 Å². The number of hydrazine groups is 1. The first-order chi connectivity index (χ1) is 12.4. The zero-order valence-corrected chi connectivity index (χ0v) is 15.1. The number of hydrogen-bond acceptors (Lipinski definition) is 5. The summed E-state index contributed by atoms with van der Waals surface area (Å²) < 4.78 is 10.4. The van der Waals surface area contributed by atoms with Crippen LogP contribution < -0.4 is 20.8 Å². The molecule has 0 radical (unpaired) electrons. The lowest BCUT2D eigenvalue weighted by molar-refractivity contribution is -0.132. The Morgan fingerprint density at radius 3 is 2.85 bits per heavy atom. The van der Waals surface area contributed by atoms with E-state index < -0.39 is 17.5 Å². The summed E-state index contributed by atoms with van der Waals surface area (Å²) >= 11 is 5.14. The summed E-state index contributed by atoms with van der Waals surface area (Å²) in [4.78, 5) is 25.1. The van der Waals surface area contributed by atoms with Crippen LogP contribution in [0.4, 0.5) is 4.79 Å². The lowest BCUT2D eigenvalue weighted by atomic mass is 9.92. The minimum Gasteiger partial charge on any atom is -0.497 e. The monoisotopic (exact) mass is 374 g/mol. The SMILES string of the molecule is COc1cccc([C@]2(C)NC(=O)N(NC(=S)NCc3ccco3)C2=O)c1. The molecule has 0 spiro atoms. The molecule has 26 heavy (non-hydrogen) atoms. The van der Waals surface area contributed by atoms with Crippen molar-refractivity contribution in [2.45, 2.75) is 19.0 Å². The number of methoxy groups -OCH3 is 1. The Morgan fingerprint density at radius 1 is 1.35 bits per heavy atom. The zero-order chi connectivity index (χ0) is 18.7.